The molecule has 1 atom stereocenters. The van der Waals surface area contributed by atoms with E-state index in [-0.39, 0.29) is 11.3 Å². The van der Waals surface area contributed by atoms with Gasteiger partial charge in [-0.15, -0.1) is 11.3 Å². The molecule has 1 fully saturated rings. The molecule has 1 aliphatic heterocycles. The van der Waals surface area contributed by atoms with E-state index in [1.54, 1.807) is 0 Å². The monoisotopic (exact) mass is 333 g/mol. The van der Waals surface area contributed by atoms with Crippen molar-refractivity contribution in [2.45, 2.75) is 52.5 Å². The minimum atomic E-state index is 0.186. The number of nitrogens with one attached hydrogen (secondary N) is 1. The second-order valence-corrected chi connectivity index (χ2v) is 8.16. The largest absolute Gasteiger partial charge is 0.339 e. The van der Waals surface area contributed by atoms with Crippen LogP contribution in [0.25, 0.3) is 10.8 Å². The lowest BCUT2D eigenvalue weighted by molar-refractivity contribution is -0.131. The summed E-state index contributed by atoms with van der Waals surface area (Å²) in [6.45, 7) is 7.58. The van der Waals surface area contributed by atoms with E-state index in [1.807, 2.05) is 5.38 Å². The van der Waals surface area contributed by atoms with Gasteiger partial charge in [0, 0.05) is 18.0 Å². The first-order valence-electron chi connectivity index (χ1n) is 8.02. The summed E-state index contributed by atoms with van der Waals surface area (Å²) in [6, 6.07) is 0.370. The van der Waals surface area contributed by atoms with Crippen molar-refractivity contribution in [2.24, 2.45) is 5.41 Å². The van der Waals surface area contributed by atoms with Crippen LogP contribution in [0.4, 0.5) is 0 Å². The van der Waals surface area contributed by atoms with Crippen LogP contribution in [0.15, 0.2) is 11.7 Å². The topological polar surface area (TPSA) is 74.8 Å². The van der Waals surface area contributed by atoms with Gasteiger partial charge in [-0.1, -0.05) is 20.8 Å². The minimum absolute atomic E-state index is 0.186. The molecule has 0 radical (unpaired) electrons. The smallest absolute Gasteiger partial charge is 0.228 e. The number of carbonyl (C=O) groups is 1. The van der Waals surface area contributed by atoms with Crippen molar-refractivity contribution >= 4 is 17.2 Å². The predicted molar refractivity (Wildman–Crippen MR) is 90.0 cm³/mol. The Hall–Kier alpha value is -1.76. The van der Waals surface area contributed by atoms with Crippen molar-refractivity contribution in [3.8, 4) is 10.8 Å². The van der Waals surface area contributed by atoms with Crippen LogP contribution in [0.1, 0.15) is 45.7 Å². The molecule has 23 heavy (non-hydrogen) atoms. The zero-order valence-electron chi connectivity index (χ0n) is 13.9. The maximum absolute atomic E-state index is 12.7. The van der Waals surface area contributed by atoms with E-state index in [4.69, 9.17) is 0 Å². The van der Waals surface area contributed by atoms with Gasteiger partial charge in [-0.2, -0.15) is 5.10 Å². The summed E-state index contributed by atoms with van der Waals surface area (Å²) in [5.74, 6) is 0.839. The number of thiazole rings is 1. The molecular weight excluding hydrogens is 310 g/mol. The number of amides is 1. The van der Waals surface area contributed by atoms with Crippen LogP contribution in [-0.4, -0.2) is 43.6 Å². The van der Waals surface area contributed by atoms with Crippen LogP contribution in [-0.2, 0) is 11.2 Å². The molecule has 7 heteroatoms. The maximum Gasteiger partial charge on any atom is 0.228 e. The predicted octanol–water partition coefficient (Wildman–Crippen LogP) is 2.90. The van der Waals surface area contributed by atoms with E-state index in [9.17, 15) is 4.79 Å². The Kier molecular flexibility index (Phi) is 4.48. The normalized spacial score (nSPS) is 18.6. The Bertz CT molecular complexity index is 658. The van der Waals surface area contributed by atoms with Gasteiger partial charge in [0.15, 0.2) is 10.8 Å². The number of aromatic amines is 1. The summed E-state index contributed by atoms with van der Waals surface area (Å²) in [5, 5.41) is 9.34. The number of H-pyrrole nitrogens is 1. The van der Waals surface area contributed by atoms with Gasteiger partial charge in [0.1, 0.15) is 6.33 Å². The fourth-order valence-corrected chi connectivity index (χ4v) is 3.91. The third-order valence-corrected chi connectivity index (χ3v) is 4.94. The van der Waals surface area contributed by atoms with Gasteiger partial charge in [0.25, 0.3) is 0 Å². The van der Waals surface area contributed by atoms with Crippen LogP contribution >= 0.6 is 11.3 Å². The maximum atomic E-state index is 12.7. The van der Waals surface area contributed by atoms with Crippen LogP contribution < -0.4 is 0 Å². The number of hydrogen-bond donors (Lipinski definition) is 1. The standard InChI is InChI=1S/C16H23N5OS/c1-16(2,3)8-12-5-4-6-21(12)13(22)7-11-9-23-15(19-11)14-17-10-18-20-14/h9-10,12H,4-8H2,1-3H3,(H,17,18,20)/t12-/m0/s1. The Morgan fingerprint density at radius 3 is 3.00 bits per heavy atom. The summed E-state index contributed by atoms with van der Waals surface area (Å²) in [5.41, 5.74) is 1.06. The van der Waals surface area contributed by atoms with Crippen molar-refractivity contribution < 1.29 is 4.79 Å². The van der Waals surface area contributed by atoms with E-state index in [1.165, 1.54) is 17.7 Å². The summed E-state index contributed by atoms with van der Waals surface area (Å²) in [7, 11) is 0. The van der Waals surface area contributed by atoms with E-state index < -0.39 is 0 Å². The highest BCUT2D eigenvalue weighted by molar-refractivity contribution is 7.13. The lowest BCUT2D eigenvalue weighted by Crippen LogP contribution is -2.38. The summed E-state index contributed by atoms with van der Waals surface area (Å²) < 4.78 is 0. The van der Waals surface area contributed by atoms with Crippen LogP contribution in [0.5, 0.6) is 0 Å². The quantitative estimate of drug-likeness (QED) is 0.933. The highest BCUT2D eigenvalue weighted by Gasteiger charge is 2.31. The average molecular weight is 333 g/mol. The Morgan fingerprint density at radius 2 is 2.30 bits per heavy atom. The van der Waals surface area contributed by atoms with Gasteiger partial charge in [0.05, 0.1) is 12.1 Å². The lowest BCUT2D eigenvalue weighted by Gasteiger charge is -2.30. The molecule has 1 aliphatic rings. The van der Waals surface area contributed by atoms with E-state index in [0.717, 1.165) is 36.5 Å². The van der Waals surface area contributed by atoms with E-state index in [0.29, 0.717) is 18.3 Å². The second-order valence-electron chi connectivity index (χ2n) is 7.30. The molecule has 1 saturated heterocycles. The molecule has 2 aromatic heterocycles. The SMILES string of the molecule is CC(C)(C)C[C@@H]1CCCN1C(=O)Cc1csc(-c2ncn[nH]2)n1. The lowest BCUT2D eigenvalue weighted by atomic mass is 9.87. The molecule has 6 nitrogen and oxygen atoms in total. The van der Waals surface area contributed by atoms with E-state index >= 15 is 0 Å². The number of hydrogen-bond acceptors (Lipinski definition) is 5. The molecule has 0 aliphatic carbocycles. The third-order valence-electron chi connectivity index (χ3n) is 4.05. The second kappa shape index (κ2) is 6.39. The van der Waals surface area contributed by atoms with Crippen LogP contribution in [0.3, 0.4) is 0 Å². The van der Waals surface area contributed by atoms with Crippen molar-refractivity contribution in [2.75, 3.05) is 6.54 Å². The van der Waals surface area contributed by atoms with Gasteiger partial charge in [0.2, 0.25) is 5.91 Å². The number of carbonyl (C=O) groups excluding carboxylic acids is 1. The van der Waals surface area contributed by atoms with Gasteiger partial charge in [-0.3, -0.25) is 9.89 Å². The minimum Gasteiger partial charge on any atom is -0.339 e. The molecule has 2 aromatic rings. The molecule has 1 N–H and O–H groups in total. The highest BCUT2D eigenvalue weighted by Crippen LogP contribution is 2.30. The molecule has 0 saturated carbocycles. The first-order valence-corrected chi connectivity index (χ1v) is 8.90. The fraction of sp³-hybridized carbons (Fsp3) is 0.625. The van der Waals surface area contributed by atoms with Gasteiger partial charge >= 0.3 is 0 Å². The van der Waals surface area contributed by atoms with Crippen LogP contribution in [0.2, 0.25) is 0 Å². The fourth-order valence-electron chi connectivity index (χ4n) is 3.15. The van der Waals surface area contributed by atoms with Crippen molar-refractivity contribution in [1.29, 1.82) is 0 Å². The molecule has 1 amide bonds. The highest BCUT2D eigenvalue weighted by atomic mass is 32.1. The van der Waals surface area contributed by atoms with Crippen molar-refractivity contribution in [1.82, 2.24) is 25.1 Å². The molecule has 0 unspecified atom stereocenters. The van der Waals surface area contributed by atoms with Gasteiger partial charge in [-0.25, -0.2) is 9.97 Å². The number of likely N-dealkylation sites (tertiary alicyclic amines) is 1. The zero-order valence-corrected chi connectivity index (χ0v) is 14.7. The number of rotatable bonds is 4. The first-order chi connectivity index (χ1) is 10.9. The molecule has 0 bridgehead atoms. The van der Waals surface area contributed by atoms with Gasteiger partial charge < -0.3 is 4.90 Å². The Labute approximate surface area is 140 Å². The molecule has 124 valence electrons. The molecule has 0 spiro atoms. The van der Waals surface area contributed by atoms with Crippen LogP contribution in [0, 0.1) is 5.41 Å². The average Bonchev–Trinajstić information content (AvgIpc) is 3.16. The number of nitrogens with zero attached hydrogens (tertiary/aromatic N) is 4. The summed E-state index contributed by atoms with van der Waals surface area (Å²) in [4.78, 5) is 23.3. The molecule has 3 heterocycles. The van der Waals surface area contributed by atoms with E-state index in [2.05, 4.69) is 45.8 Å². The first kappa shape index (κ1) is 16.1. The molecular formula is C16H23N5OS. The summed E-state index contributed by atoms with van der Waals surface area (Å²) in [6.07, 6.45) is 5.10. The Balaban J connectivity index is 1.64. The molecule has 3 rings (SSSR count). The summed E-state index contributed by atoms with van der Waals surface area (Å²) >= 11 is 1.49. The van der Waals surface area contributed by atoms with Crippen molar-refractivity contribution in [3.05, 3.63) is 17.4 Å². The third kappa shape index (κ3) is 3.96. The number of aromatic nitrogens is 4. The van der Waals surface area contributed by atoms with Crippen molar-refractivity contribution in [3.63, 3.8) is 0 Å². The van der Waals surface area contributed by atoms with Gasteiger partial charge in [-0.05, 0) is 24.7 Å². The molecule has 0 aromatic carbocycles. The Morgan fingerprint density at radius 1 is 1.48 bits per heavy atom. The zero-order chi connectivity index (χ0) is 16.4.